The Morgan fingerprint density at radius 2 is 1.94 bits per heavy atom. The van der Waals surface area contributed by atoms with E-state index in [-0.39, 0.29) is 24.3 Å². The molecule has 0 aromatic heterocycles. The van der Waals surface area contributed by atoms with Crippen molar-refractivity contribution in [3.63, 3.8) is 0 Å². The van der Waals surface area contributed by atoms with Crippen molar-refractivity contribution in [3.05, 3.63) is 59.2 Å². The van der Waals surface area contributed by atoms with E-state index >= 15 is 0 Å². The van der Waals surface area contributed by atoms with Gasteiger partial charge in [-0.1, -0.05) is 18.9 Å². The molecule has 1 unspecified atom stereocenters. The molecule has 1 aliphatic carbocycles. The zero-order chi connectivity index (χ0) is 22.5. The molecule has 2 aromatic rings. The lowest BCUT2D eigenvalue weighted by molar-refractivity contribution is -0.143. The predicted octanol–water partition coefficient (Wildman–Crippen LogP) is 4.44. The number of ether oxygens (including phenoxy) is 1. The largest absolute Gasteiger partial charge is 0.497 e. The second-order valence-corrected chi connectivity index (χ2v) is 9.77. The number of benzene rings is 2. The molecule has 0 bridgehead atoms. The molecule has 2 fully saturated rings. The molecule has 2 heterocycles. The van der Waals surface area contributed by atoms with Gasteiger partial charge in [-0.05, 0) is 48.7 Å². The van der Waals surface area contributed by atoms with E-state index in [0.717, 1.165) is 43.4 Å². The summed E-state index contributed by atoms with van der Waals surface area (Å²) in [5.41, 5.74) is 1.87. The van der Waals surface area contributed by atoms with Gasteiger partial charge in [-0.25, -0.2) is 8.78 Å². The average Bonchev–Trinajstić information content (AvgIpc) is 3.53. The summed E-state index contributed by atoms with van der Waals surface area (Å²) in [5, 5.41) is 0. The average molecular weight is 459 g/mol. The van der Waals surface area contributed by atoms with Gasteiger partial charge in [0, 0.05) is 23.8 Å². The Kier molecular flexibility index (Phi) is 5.35. The number of halogens is 2. The fourth-order valence-corrected chi connectivity index (χ4v) is 6.57. The number of carbonyl (C=O) groups excluding carboxylic acids is 2. The van der Waals surface area contributed by atoms with Crippen molar-refractivity contribution in [1.82, 2.24) is 4.90 Å². The lowest BCUT2D eigenvalue weighted by Gasteiger charge is -2.35. The Morgan fingerprint density at radius 3 is 2.66 bits per heavy atom. The number of fused-ring (bicyclic) bond motifs is 2. The molecule has 5 nitrogen and oxygen atoms in total. The highest BCUT2D eigenvalue weighted by atomic mass is 32.2. The van der Waals surface area contributed by atoms with E-state index in [2.05, 4.69) is 0 Å². The third-order valence-corrected chi connectivity index (χ3v) is 8.12. The Balaban J connectivity index is 1.58. The van der Waals surface area contributed by atoms with Crippen LogP contribution in [0.3, 0.4) is 0 Å². The van der Waals surface area contributed by atoms with Crippen LogP contribution >= 0.6 is 11.8 Å². The number of hydrogen-bond donors (Lipinski definition) is 0. The summed E-state index contributed by atoms with van der Waals surface area (Å²) in [6.45, 7) is 0.588. The maximum atomic E-state index is 14.0. The molecule has 0 N–H and O–H groups in total. The van der Waals surface area contributed by atoms with E-state index in [9.17, 15) is 18.4 Å². The molecular weight excluding hydrogens is 434 g/mol. The Bertz CT molecular complexity index is 1090. The van der Waals surface area contributed by atoms with Crippen molar-refractivity contribution < 1.29 is 23.1 Å². The van der Waals surface area contributed by atoms with Gasteiger partial charge in [0.05, 0.1) is 19.3 Å². The minimum atomic E-state index is -1.15. The third kappa shape index (κ3) is 3.18. The molecular formula is C24H24F2N2O3S. The van der Waals surface area contributed by atoms with Gasteiger partial charge in [-0.15, -0.1) is 11.8 Å². The Labute approximate surface area is 189 Å². The van der Waals surface area contributed by atoms with Gasteiger partial charge in [0.25, 0.3) is 5.91 Å². The number of thioether (sulfide) groups is 1. The van der Waals surface area contributed by atoms with Crippen molar-refractivity contribution >= 4 is 29.3 Å². The number of anilines is 1. The van der Waals surface area contributed by atoms with Crippen molar-refractivity contribution in [1.29, 1.82) is 0 Å². The quantitative estimate of drug-likeness (QED) is 0.680. The highest BCUT2D eigenvalue weighted by molar-refractivity contribution is 8.01. The molecule has 32 heavy (non-hydrogen) atoms. The monoisotopic (exact) mass is 458 g/mol. The van der Waals surface area contributed by atoms with Crippen molar-refractivity contribution in [2.45, 2.75) is 37.1 Å². The van der Waals surface area contributed by atoms with Crippen molar-refractivity contribution in [3.8, 4) is 5.75 Å². The Hall–Kier alpha value is -2.61. The molecule has 0 radical (unpaired) electrons. The molecule has 8 heteroatoms. The fourth-order valence-electron chi connectivity index (χ4n) is 5.11. The number of rotatable bonds is 4. The smallest absolute Gasteiger partial charge is 0.268 e. The maximum Gasteiger partial charge on any atom is 0.268 e. The zero-order valence-corrected chi connectivity index (χ0v) is 18.6. The lowest BCUT2D eigenvalue weighted by Crippen LogP contribution is -2.51. The lowest BCUT2D eigenvalue weighted by atomic mass is 10.0. The molecule has 2 aliphatic heterocycles. The second-order valence-electron chi connectivity index (χ2n) is 8.49. The van der Waals surface area contributed by atoms with Crippen molar-refractivity contribution in [2.24, 2.45) is 5.92 Å². The van der Waals surface area contributed by atoms with Crippen LogP contribution in [0.15, 0.2) is 36.4 Å². The molecule has 1 saturated heterocycles. The van der Waals surface area contributed by atoms with Gasteiger partial charge < -0.3 is 14.5 Å². The third-order valence-electron chi connectivity index (χ3n) is 6.70. The van der Waals surface area contributed by atoms with E-state index < -0.39 is 16.5 Å². The molecule has 2 amide bonds. The molecule has 168 valence electrons. The van der Waals surface area contributed by atoms with Gasteiger partial charge in [0.1, 0.15) is 5.75 Å². The van der Waals surface area contributed by atoms with Crippen LogP contribution in [0, 0.1) is 17.6 Å². The Morgan fingerprint density at radius 1 is 1.16 bits per heavy atom. The van der Waals surface area contributed by atoms with Crippen LogP contribution in [-0.4, -0.2) is 36.1 Å². The van der Waals surface area contributed by atoms with E-state index in [1.165, 1.54) is 17.8 Å². The molecule has 1 saturated carbocycles. The van der Waals surface area contributed by atoms with Gasteiger partial charge in [-0.2, -0.15) is 0 Å². The minimum absolute atomic E-state index is 0.0318. The molecule has 2 aromatic carbocycles. The first kappa shape index (κ1) is 21.2. The second kappa shape index (κ2) is 8.06. The highest BCUT2D eigenvalue weighted by Gasteiger charge is 2.60. The normalized spacial score (nSPS) is 22.8. The van der Waals surface area contributed by atoms with Crippen LogP contribution in [0.2, 0.25) is 0 Å². The first-order valence-corrected chi connectivity index (χ1v) is 11.8. The van der Waals surface area contributed by atoms with Crippen LogP contribution in [0.4, 0.5) is 14.5 Å². The molecule has 5 rings (SSSR count). The zero-order valence-electron chi connectivity index (χ0n) is 17.8. The summed E-state index contributed by atoms with van der Waals surface area (Å²) in [4.78, 5) is 29.6. The summed E-state index contributed by atoms with van der Waals surface area (Å²) in [6, 6.07) is 9.05. The summed E-state index contributed by atoms with van der Waals surface area (Å²) >= 11 is 1.46. The summed E-state index contributed by atoms with van der Waals surface area (Å²) in [5.74, 6) is -0.864. The minimum Gasteiger partial charge on any atom is -0.497 e. The van der Waals surface area contributed by atoms with Crippen LogP contribution in [0.1, 0.15) is 36.8 Å². The predicted molar refractivity (Wildman–Crippen MR) is 118 cm³/mol. The van der Waals surface area contributed by atoms with Crippen LogP contribution in [0.5, 0.6) is 5.75 Å². The standard InChI is InChI=1S/C24H24F2N2O3S/c1-31-17-7-9-21-18(13-17)24(28(10-11-32-24)22(29)16-4-2-3-5-16)23(30)27(21)14-15-6-8-19(25)20(26)12-15/h6-9,12-13,16H,2-5,10-11,14H2,1H3. The SMILES string of the molecule is COc1ccc2c(c1)C1(SCCN1C(=O)C1CCCC1)C(=O)N2Cc1ccc(F)c(F)c1. The molecule has 1 atom stereocenters. The number of nitrogens with zero attached hydrogens (tertiary/aromatic N) is 2. The number of methoxy groups -OCH3 is 1. The summed E-state index contributed by atoms with van der Waals surface area (Å²) in [6.07, 6.45) is 3.78. The van der Waals surface area contributed by atoms with E-state index in [1.807, 2.05) is 6.07 Å². The van der Waals surface area contributed by atoms with E-state index in [4.69, 9.17) is 4.74 Å². The fraction of sp³-hybridized carbons (Fsp3) is 0.417. The van der Waals surface area contributed by atoms with Gasteiger partial charge >= 0.3 is 0 Å². The topological polar surface area (TPSA) is 49.9 Å². The van der Waals surface area contributed by atoms with Crippen LogP contribution < -0.4 is 9.64 Å². The number of hydrogen-bond acceptors (Lipinski definition) is 4. The highest BCUT2D eigenvalue weighted by Crippen LogP contribution is 2.55. The number of amides is 2. The maximum absolute atomic E-state index is 14.0. The molecule has 1 spiro atoms. The van der Waals surface area contributed by atoms with Gasteiger partial charge in [0.2, 0.25) is 5.91 Å². The number of carbonyl (C=O) groups is 2. The van der Waals surface area contributed by atoms with Gasteiger partial charge in [-0.3, -0.25) is 9.59 Å². The summed E-state index contributed by atoms with van der Waals surface area (Å²) < 4.78 is 32.7. The van der Waals surface area contributed by atoms with Crippen LogP contribution in [0.25, 0.3) is 0 Å². The first-order valence-electron chi connectivity index (χ1n) is 10.9. The van der Waals surface area contributed by atoms with Crippen molar-refractivity contribution in [2.75, 3.05) is 24.3 Å². The van der Waals surface area contributed by atoms with E-state index in [0.29, 0.717) is 29.3 Å². The van der Waals surface area contributed by atoms with Crippen LogP contribution in [-0.2, 0) is 21.0 Å². The summed E-state index contributed by atoms with van der Waals surface area (Å²) in [7, 11) is 1.56. The van der Waals surface area contributed by atoms with E-state index in [1.54, 1.807) is 29.0 Å². The first-order chi connectivity index (χ1) is 15.5. The van der Waals surface area contributed by atoms with Gasteiger partial charge in [0.15, 0.2) is 16.5 Å². The molecule has 3 aliphatic rings.